The molecule has 1 saturated heterocycles. The molecule has 0 aliphatic carbocycles. The number of hydrogen-bond donors (Lipinski definition) is 1. The van der Waals surface area contributed by atoms with Crippen molar-refractivity contribution in [3.63, 3.8) is 0 Å². The van der Waals surface area contributed by atoms with Gasteiger partial charge in [0.2, 0.25) is 0 Å². The molecule has 0 spiro atoms. The van der Waals surface area contributed by atoms with E-state index in [0.29, 0.717) is 18.9 Å². The predicted molar refractivity (Wildman–Crippen MR) is 68.0 cm³/mol. The summed E-state index contributed by atoms with van der Waals surface area (Å²) in [5, 5.41) is 4.18. The van der Waals surface area contributed by atoms with Crippen molar-refractivity contribution >= 4 is 11.7 Å². The Labute approximate surface area is 109 Å². The molecule has 0 amide bonds. The van der Waals surface area contributed by atoms with Gasteiger partial charge in [-0.25, -0.2) is 9.48 Å². The van der Waals surface area contributed by atoms with Gasteiger partial charge in [-0.3, -0.25) is 0 Å². The number of ether oxygens (including phenoxy) is 2. The van der Waals surface area contributed by atoms with Crippen LogP contribution in [0.2, 0.25) is 0 Å². The van der Waals surface area contributed by atoms with E-state index in [2.05, 4.69) is 5.10 Å². The van der Waals surface area contributed by atoms with Crippen LogP contribution in [0.15, 0.2) is 36.5 Å². The maximum absolute atomic E-state index is 11.8. The quantitative estimate of drug-likeness (QED) is 0.657. The van der Waals surface area contributed by atoms with Crippen molar-refractivity contribution in [3.05, 3.63) is 42.2 Å². The van der Waals surface area contributed by atoms with Crippen LogP contribution in [0.5, 0.6) is 0 Å². The molecule has 98 valence electrons. The Morgan fingerprint density at radius 2 is 2.26 bits per heavy atom. The summed E-state index contributed by atoms with van der Waals surface area (Å²) in [5.41, 5.74) is 7.42. The minimum Gasteiger partial charge on any atom is -0.453 e. The molecule has 0 atom stereocenters. The highest BCUT2D eigenvalue weighted by Crippen LogP contribution is 2.13. The van der Waals surface area contributed by atoms with E-state index in [1.807, 2.05) is 12.1 Å². The molecule has 3 rings (SSSR count). The van der Waals surface area contributed by atoms with Gasteiger partial charge in [-0.2, -0.15) is 5.10 Å². The topological polar surface area (TPSA) is 79.4 Å². The van der Waals surface area contributed by atoms with Crippen molar-refractivity contribution in [2.24, 2.45) is 0 Å². The second-order valence-electron chi connectivity index (χ2n) is 4.31. The molecule has 6 nitrogen and oxygen atoms in total. The van der Waals surface area contributed by atoms with Gasteiger partial charge < -0.3 is 15.2 Å². The molecule has 1 aliphatic rings. The van der Waals surface area contributed by atoms with Gasteiger partial charge >= 0.3 is 5.97 Å². The van der Waals surface area contributed by atoms with Gasteiger partial charge in [0.25, 0.3) is 0 Å². The van der Waals surface area contributed by atoms with Crippen molar-refractivity contribution in [2.75, 3.05) is 18.9 Å². The lowest BCUT2D eigenvalue weighted by Crippen LogP contribution is -2.37. The zero-order valence-corrected chi connectivity index (χ0v) is 10.2. The van der Waals surface area contributed by atoms with Crippen molar-refractivity contribution in [2.45, 2.75) is 6.10 Å². The zero-order chi connectivity index (χ0) is 13.2. The molecule has 6 heteroatoms. The van der Waals surface area contributed by atoms with Gasteiger partial charge in [0.05, 0.1) is 18.9 Å². The normalized spacial score (nSPS) is 14.9. The average molecular weight is 259 g/mol. The molecule has 1 aromatic carbocycles. The molecule has 0 saturated carbocycles. The maximum atomic E-state index is 11.8. The van der Waals surface area contributed by atoms with E-state index < -0.39 is 5.97 Å². The number of carbonyl (C=O) groups is 1. The Morgan fingerprint density at radius 1 is 1.42 bits per heavy atom. The highest BCUT2D eigenvalue weighted by molar-refractivity contribution is 5.87. The van der Waals surface area contributed by atoms with Crippen molar-refractivity contribution in [3.8, 4) is 5.69 Å². The first-order valence-corrected chi connectivity index (χ1v) is 5.93. The Balaban J connectivity index is 1.77. The van der Waals surface area contributed by atoms with Gasteiger partial charge in [0, 0.05) is 11.9 Å². The molecular formula is C13H13N3O3. The maximum Gasteiger partial charge on any atom is 0.359 e. The lowest BCUT2D eigenvalue weighted by molar-refractivity contribution is -0.103. The fraction of sp³-hybridized carbons (Fsp3) is 0.231. The lowest BCUT2D eigenvalue weighted by Gasteiger charge is -2.25. The van der Waals surface area contributed by atoms with Crippen LogP contribution >= 0.6 is 0 Å². The molecule has 0 unspecified atom stereocenters. The number of hydrogen-bond acceptors (Lipinski definition) is 5. The van der Waals surface area contributed by atoms with Crippen LogP contribution in [0.4, 0.5) is 5.69 Å². The fourth-order valence-electron chi connectivity index (χ4n) is 1.74. The number of nitrogens with zero attached hydrogens (tertiary/aromatic N) is 2. The molecule has 0 radical (unpaired) electrons. The van der Waals surface area contributed by atoms with E-state index in [9.17, 15) is 4.79 Å². The van der Waals surface area contributed by atoms with E-state index in [1.165, 1.54) is 0 Å². The third-order valence-electron chi connectivity index (χ3n) is 2.81. The summed E-state index contributed by atoms with van der Waals surface area (Å²) in [6.07, 6.45) is 1.55. The van der Waals surface area contributed by atoms with E-state index in [4.69, 9.17) is 15.2 Å². The molecular weight excluding hydrogens is 246 g/mol. The number of anilines is 1. The number of rotatable bonds is 3. The lowest BCUT2D eigenvalue weighted by atomic mass is 10.3. The largest absolute Gasteiger partial charge is 0.453 e. The molecule has 0 bridgehead atoms. The van der Waals surface area contributed by atoms with Crippen molar-refractivity contribution in [1.82, 2.24) is 9.78 Å². The second-order valence-corrected chi connectivity index (χ2v) is 4.31. The van der Waals surface area contributed by atoms with Gasteiger partial charge in [0.15, 0.2) is 5.69 Å². The zero-order valence-electron chi connectivity index (χ0n) is 10.2. The fourth-order valence-corrected chi connectivity index (χ4v) is 1.74. The van der Waals surface area contributed by atoms with Crippen LogP contribution in [0.25, 0.3) is 5.69 Å². The van der Waals surface area contributed by atoms with Crippen LogP contribution in [0.3, 0.4) is 0 Å². The van der Waals surface area contributed by atoms with Crippen LogP contribution < -0.4 is 5.73 Å². The first kappa shape index (κ1) is 11.7. The van der Waals surface area contributed by atoms with Crippen molar-refractivity contribution in [1.29, 1.82) is 0 Å². The Bertz CT molecular complexity index is 605. The summed E-state index contributed by atoms with van der Waals surface area (Å²) in [7, 11) is 0. The van der Waals surface area contributed by atoms with Gasteiger partial charge in [0.1, 0.15) is 6.10 Å². The Hall–Kier alpha value is -2.34. The molecule has 19 heavy (non-hydrogen) atoms. The van der Waals surface area contributed by atoms with Crippen LogP contribution in [-0.2, 0) is 9.47 Å². The number of nitrogen functional groups attached to an aromatic ring is 1. The molecule has 1 fully saturated rings. The SMILES string of the molecule is Nc1cccc(-n2ccc(C(=O)OC3COC3)n2)c1. The van der Waals surface area contributed by atoms with E-state index in [0.717, 1.165) is 5.69 Å². The highest BCUT2D eigenvalue weighted by atomic mass is 16.6. The van der Waals surface area contributed by atoms with Gasteiger partial charge in [-0.05, 0) is 24.3 Å². The van der Waals surface area contributed by atoms with E-state index in [-0.39, 0.29) is 11.8 Å². The van der Waals surface area contributed by atoms with E-state index >= 15 is 0 Å². The Kier molecular flexibility index (Phi) is 2.92. The van der Waals surface area contributed by atoms with Crippen LogP contribution in [0.1, 0.15) is 10.5 Å². The summed E-state index contributed by atoms with van der Waals surface area (Å²) in [4.78, 5) is 11.8. The summed E-state index contributed by atoms with van der Waals surface area (Å²) in [6, 6.07) is 8.87. The van der Waals surface area contributed by atoms with Crippen molar-refractivity contribution < 1.29 is 14.3 Å². The van der Waals surface area contributed by atoms with Crippen LogP contribution in [-0.4, -0.2) is 35.1 Å². The summed E-state index contributed by atoms with van der Waals surface area (Å²) < 4.78 is 11.7. The van der Waals surface area contributed by atoms with Crippen LogP contribution in [0, 0.1) is 0 Å². The average Bonchev–Trinajstić information content (AvgIpc) is 2.83. The molecule has 1 aliphatic heterocycles. The first-order chi connectivity index (χ1) is 9.22. The van der Waals surface area contributed by atoms with Gasteiger partial charge in [-0.15, -0.1) is 0 Å². The minimum atomic E-state index is -0.434. The predicted octanol–water partition coefficient (Wildman–Crippen LogP) is 1.01. The van der Waals surface area contributed by atoms with Gasteiger partial charge in [-0.1, -0.05) is 6.07 Å². The summed E-state index contributed by atoms with van der Waals surface area (Å²) >= 11 is 0. The molecule has 1 aromatic heterocycles. The third kappa shape index (κ3) is 2.43. The minimum absolute atomic E-state index is 0.148. The third-order valence-corrected chi connectivity index (χ3v) is 2.81. The number of nitrogens with two attached hydrogens (primary N) is 1. The number of benzene rings is 1. The summed E-state index contributed by atoms with van der Waals surface area (Å²) in [6.45, 7) is 0.920. The monoisotopic (exact) mass is 259 g/mol. The van der Waals surface area contributed by atoms with E-state index in [1.54, 1.807) is 29.1 Å². The summed E-state index contributed by atoms with van der Waals surface area (Å²) in [5.74, 6) is -0.434. The standard InChI is InChI=1S/C13H13N3O3/c14-9-2-1-3-10(6-9)16-5-4-12(15-16)13(17)19-11-7-18-8-11/h1-6,11H,7-8,14H2. The molecule has 2 aromatic rings. The molecule has 2 heterocycles. The highest BCUT2D eigenvalue weighted by Gasteiger charge is 2.24. The Morgan fingerprint density at radius 3 is 2.95 bits per heavy atom. The smallest absolute Gasteiger partial charge is 0.359 e. The number of aromatic nitrogens is 2. The molecule has 2 N–H and O–H groups in total. The second kappa shape index (κ2) is 4.74. The number of esters is 1. The first-order valence-electron chi connectivity index (χ1n) is 5.93. The number of carbonyl (C=O) groups excluding carboxylic acids is 1.